The van der Waals surface area contributed by atoms with Crippen LogP contribution in [-0.4, -0.2) is 36.7 Å². The molecular weight excluding hydrogens is 528 g/mol. The molecule has 0 aliphatic carbocycles. The van der Waals surface area contributed by atoms with Crippen molar-refractivity contribution in [2.24, 2.45) is 5.92 Å². The molecular formula is C33H47F2NO5. The summed E-state index contributed by atoms with van der Waals surface area (Å²) in [5.74, 6) is -0.229. The summed E-state index contributed by atoms with van der Waals surface area (Å²) in [6, 6.07) is 12.6. The number of halogens is 2. The third-order valence-corrected chi connectivity index (χ3v) is 6.39. The molecule has 3 rings (SSSR count). The number of benzene rings is 2. The Bertz CT molecular complexity index is 1030. The molecule has 1 aliphatic heterocycles. The molecule has 2 aromatic rings. The Morgan fingerprint density at radius 1 is 1.00 bits per heavy atom. The van der Waals surface area contributed by atoms with E-state index in [9.17, 15) is 18.4 Å². The van der Waals surface area contributed by atoms with Crippen LogP contribution in [-0.2, 0) is 19.1 Å². The smallest absolute Gasteiger partial charge is 0.303 e. The van der Waals surface area contributed by atoms with Crippen LogP contribution >= 0.6 is 0 Å². The van der Waals surface area contributed by atoms with E-state index in [0.717, 1.165) is 42.9 Å². The molecule has 1 heterocycles. The SMILES string of the molecule is CC.CC(=O)OC(CCC1CN(c2ccc(F)cc2)C1)c1ccc(F)cc1.CCCC/C=C(\C)OCCCC(=O)O. The van der Waals surface area contributed by atoms with Crippen molar-refractivity contribution in [2.45, 2.75) is 85.7 Å². The minimum atomic E-state index is -0.763. The number of hydrogen-bond donors (Lipinski definition) is 1. The number of rotatable bonds is 14. The lowest BCUT2D eigenvalue weighted by Gasteiger charge is -2.41. The number of unbranched alkanes of at least 4 members (excludes halogenated alkanes) is 2. The summed E-state index contributed by atoms with van der Waals surface area (Å²) in [7, 11) is 0. The van der Waals surface area contributed by atoms with Crippen LogP contribution in [0.5, 0.6) is 0 Å². The van der Waals surface area contributed by atoms with Gasteiger partial charge in [0.25, 0.3) is 0 Å². The molecule has 0 saturated carbocycles. The van der Waals surface area contributed by atoms with Crippen LogP contribution in [0.1, 0.15) is 91.2 Å². The first-order valence-corrected chi connectivity index (χ1v) is 14.6. The molecule has 6 nitrogen and oxygen atoms in total. The van der Waals surface area contributed by atoms with Gasteiger partial charge in [-0.25, -0.2) is 8.78 Å². The minimum Gasteiger partial charge on any atom is -0.499 e. The maximum Gasteiger partial charge on any atom is 0.303 e. The Labute approximate surface area is 244 Å². The Morgan fingerprint density at radius 3 is 2.12 bits per heavy atom. The molecule has 1 N–H and O–H groups in total. The van der Waals surface area contributed by atoms with Crippen LogP contribution in [0.15, 0.2) is 60.4 Å². The van der Waals surface area contributed by atoms with Crippen LogP contribution in [0, 0.1) is 17.6 Å². The highest BCUT2D eigenvalue weighted by molar-refractivity contribution is 5.66. The maximum atomic E-state index is 13.1. The van der Waals surface area contributed by atoms with Crippen LogP contribution in [0.3, 0.4) is 0 Å². The second-order valence-corrected chi connectivity index (χ2v) is 9.78. The second-order valence-electron chi connectivity index (χ2n) is 9.78. The number of carbonyl (C=O) groups excluding carboxylic acids is 1. The van der Waals surface area contributed by atoms with E-state index in [-0.39, 0.29) is 30.1 Å². The summed E-state index contributed by atoms with van der Waals surface area (Å²) in [5.41, 5.74) is 1.83. The number of esters is 1. The van der Waals surface area contributed by atoms with E-state index in [1.165, 1.54) is 44.0 Å². The highest BCUT2D eigenvalue weighted by atomic mass is 19.1. The molecule has 1 atom stereocenters. The molecule has 228 valence electrons. The highest BCUT2D eigenvalue weighted by Crippen LogP contribution is 2.31. The van der Waals surface area contributed by atoms with E-state index in [0.29, 0.717) is 25.4 Å². The number of carboxylic acid groups (broad SMARTS) is 1. The number of hydrogen-bond acceptors (Lipinski definition) is 5. The monoisotopic (exact) mass is 575 g/mol. The zero-order chi connectivity index (χ0) is 30.6. The fraction of sp³-hybridized carbons (Fsp3) is 0.515. The molecule has 8 heteroatoms. The van der Waals surface area contributed by atoms with Gasteiger partial charge in [-0.15, -0.1) is 0 Å². The summed E-state index contributed by atoms with van der Waals surface area (Å²) < 4.78 is 36.8. The first-order chi connectivity index (χ1) is 19.7. The van der Waals surface area contributed by atoms with Crippen molar-refractivity contribution >= 4 is 17.6 Å². The van der Waals surface area contributed by atoms with Gasteiger partial charge in [0.15, 0.2) is 0 Å². The van der Waals surface area contributed by atoms with Crippen molar-refractivity contribution in [3.8, 4) is 0 Å². The molecule has 1 saturated heterocycles. The van der Waals surface area contributed by atoms with Gasteiger partial charge in [0.1, 0.15) is 17.7 Å². The largest absolute Gasteiger partial charge is 0.499 e. The molecule has 0 bridgehead atoms. The van der Waals surface area contributed by atoms with E-state index in [2.05, 4.69) is 17.9 Å². The average Bonchev–Trinajstić information content (AvgIpc) is 2.92. The Hall–Kier alpha value is -3.42. The number of aliphatic carboxylic acids is 1. The molecule has 0 amide bonds. The van der Waals surface area contributed by atoms with Crippen LogP contribution in [0.4, 0.5) is 14.5 Å². The summed E-state index contributed by atoms with van der Waals surface area (Å²) in [5, 5.41) is 8.38. The number of ether oxygens (including phenoxy) is 2. The van der Waals surface area contributed by atoms with E-state index >= 15 is 0 Å². The third kappa shape index (κ3) is 15.2. The predicted molar refractivity (Wildman–Crippen MR) is 160 cm³/mol. The van der Waals surface area contributed by atoms with Crippen molar-refractivity contribution in [1.82, 2.24) is 0 Å². The Balaban J connectivity index is 0.000000450. The lowest BCUT2D eigenvalue weighted by atomic mass is 9.91. The fourth-order valence-corrected chi connectivity index (χ4v) is 4.20. The predicted octanol–water partition coefficient (Wildman–Crippen LogP) is 8.47. The number of carboxylic acids is 1. The standard InChI is InChI=1S/C20H21F2NO2.C11H20O3.C2H6/c1-14(24)25-20(16-3-5-17(21)6-4-16)11-2-15-12-23(13-15)19-9-7-18(22)8-10-19;1-3-4-5-7-10(2)14-9-6-8-11(12)13;1-2/h3-10,15,20H,2,11-13H2,1H3;7H,3-6,8-9H2,1-2H3,(H,12,13);1-2H3/b;10-7+;. The molecule has 1 unspecified atom stereocenters. The van der Waals surface area contributed by atoms with Crippen molar-refractivity contribution in [1.29, 1.82) is 0 Å². The van der Waals surface area contributed by atoms with Crippen molar-refractivity contribution in [3.05, 3.63) is 77.6 Å². The number of carbonyl (C=O) groups is 2. The van der Waals surface area contributed by atoms with Gasteiger partial charge in [-0.2, -0.15) is 0 Å². The average molecular weight is 576 g/mol. The van der Waals surface area contributed by atoms with Gasteiger partial charge in [-0.05, 0) is 93.0 Å². The molecule has 1 aliphatic rings. The van der Waals surface area contributed by atoms with E-state index < -0.39 is 5.97 Å². The summed E-state index contributed by atoms with van der Waals surface area (Å²) in [4.78, 5) is 23.7. The molecule has 0 aromatic heterocycles. The van der Waals surface area contributed by atoms with Gasteiger partial charge < -0.3 is 19.5 Å². The quantitative estimate of drug-likeness (QED) is 0.138. The minimum absolute atomic E-state index is 0.183. The van der Waals surface area contributed by atoms with Crippen molar-refractivity contribution in [3.63, 3.8) is 0 Å². The van der Waals surface area contributed by atoms with Gasteiger partial charge in [-0.1, -0.05) is 39.3 Å². The Kier molecular flexibility index (Phi) is 17.8. The third-order valence-electron chi connectivity index (χ3n) is 6.39. The zero-order valence-electron chi connectivity index (χ0n) is 25.2. The summed E-state index contributed by atoms with van der Waals surface area (Å²) >= 11 is 0. The zero-order valence-corrected chi connectivity index (χ0v) is 25.2. The normalized spacial score (nSPS) is 13.5. The van der Waals surface area contributed by atoms with Gasteiger partial charge in [0.05, 0.1) is 12.4 Å². The van der Waals surface area contributed by atoms with Gasteiger partial charge in [0.2, 0.25) is 0 Å². The Morgan fingerprint density at radius 2 is 1.59 bits per heavy atom. The van der Waals surface area contributed by atoms with Gasteiger partial charge in [0, 0.05) is 32.1 Å². The molecule has 0 radical (unpaired) electrons. The molecule has 0 spiro atoms. The maximum absolute atomic E-state index is 13.1. The van der Waals surface area contributed by atoms with E-state index in [4.69, 9.17) is 14.6 Å². The van der Waals surface area contributed by atoms with Crippen LogP contribution in [0.25, 0.3) is 0 Å². The number of anilines is 1. The van der Waals surface area contributed by atoms with Gasteiger partial charge in [-0.3, -0.25) is 9.59 Å². The first-order valence-electron chi connectivity index (χ1n) is 14.6. The molecule has 1 fully saturated rings. The van der Waals surface area contributed by atoms with E-state index in [1.54, 1.807) is 24.3 Å². The lowest BCUT2D eigenvalue weighted by molar-refractivity contribution is -0.147. The van der Waals surface area contributed by atoms with Crippen LogP contribution < -0.4 is 4.90 Å². The molecule has 41 heavy (non-hydrogen) atoms. The lowest BCUT2D eigenvalue weighted by Crippen LogP contribution is -2.46. The first kappa shape index (κ1) is 35.6. The van der Waals surface area contributed by atoms with Crippen molar-refractivity contribution in [2.75, 3.05) is 24.6 Å². The van der Waals surface area contributed by atoms with Crippen LogP contribution in [0.2, 0.25) is 0 Å². The number of allylic oxidation sites excluding steroid dienone is 2. The number of nitrogens with zero attached hydrogens (tertiary/aromatic N) is 1. The highest BCUT2D eigenvalue weighted by Gasteiger charge is 2.28. The summed E-state index contributed by atoms with van der Waals surface area (Å²) in [6.07, 6.45) is 7.49. The topological polar surface area (TPSA) is 76.1 Å². The fourth-order valence-electron chi connectivity index (χ4n) is 4.20. The van der Waals surface area contributed by atoms with Gasteiger partial charge >= 0.3 is 11.9 Å². The molecule has 2 aromatic carbocycles. The van der Waals surface area contributed by atoms with Crippen molar-refractivity contribution < 1.29 is 33.0 Å². The summed E-state index contributed by atoms with van der Waals surface area (Å²) in [6.45, 7) is 11.8. The van der Waals surface area contributed by atoms with E-state index in [1.807, 2.05) is 20.8 Å². The second kappa shape index (κ2) is 20.5.